The number of hydrogen-bond donors (Lipinski definition) is 0. The number of unbranched alkanes of at least 4 members (excludes halogenated alkanes) is 2. The van der Waals surface area contributed by atoms with Crippen LogP contribution in [-0.4, -0.2) is 6.61 Å². The molecule has 0 heterocycles. The van der Waals surface area contributed by atoms with Crippen LogP contribution in [0.2, 0.25) is 0 Å². The third kappa shape index (κ3) is 8.26. The van der Waals surface area contributed by atoms with Crippen molar-refractivity contribution in [2.75, 3.05) is 6.61 Å². The Hall–Kier alpha value is -3.23. The van der Waals surface area contributed by atoms with Gasteiger partial charge in [-0.3, -0.25) is 0 Å². The van der Waals surface area contributed by atoms with E-state index in [4.69, 9.17) is 4.74 Å². The minimum Gasteiger partial charge on any atom is -0.488 e. The van der Waals surface area contributed by atoms with Crippen molar-refractivity contribution in [2.24, 2.45) is 17.8 Å². The summed E-state index contributed by atoms with van der Waals surface area (Å²) < 4.78 is 114. The molecular weight excluding hydrogens is 621 g/mol. The maximum Gasteiger partial charge on any atom is 0.432 e. The van der Waals surface area contributed by atoms with Gasteiger partial charge in [-0.05, 0) is 117 Å². The molecule has 3 aromatic carbocycles. The highest BCUT2D eigenvalue weighted by molar-refractivity contribution is 5.66. The third-order valence-electron chi connectivity index (χ3n) is 10.2. The first-order valence-corrected chi connectivity index (χ1v) is 17.0. The van der Waals surface area contributed by atoms with Crippen molar-refractivity contribution < 1.29 is 40.2 Å². The van der Waals surface area contributed by atoms with Gasteiger partial charge in [0.15, 0.2) is 17.4 Å². The Kier molecular flexibility index (Phi) is 11.4. The number of alkyl halides is 2. The van der Waals surface area contributed by atoms with E-state index in [1.807, 2.05) is 0 Å². The molecule has 9 heteroatoms. The first kappa shape index (κ1) is 35.1. The Morgan fingerprint density at radius 1 is 0.681 bits per heavy atom. The van der Waals surface area contributed by atoms with Crippen LogP contribution in [0.3, 0.4) is 0 Å². The molecule has 0 unspecified atom stereocenters. The smallest absolute Gasteiger partial charge is 0.432 e. The van der Waals surface area contributed by atoms with Crippen LogP contribution in [-0.2, 0) is 6.11 Å². The summed E-state index contributed by atoms with van der Waals surface area (Å²) in [6, 6.07) is 6.10. The largest absolute Gasteiger partial charge is 0.488 e. The predicted octanol–water partition coefficient (Wildman–Crippen LogP) is 12.2. The van der Waals surface area contributed by atoms with Gasteiger partial charge in [0, 0.05) is 11.6 Å². The maximum atomic E-state index is 15.2. The van der Waals surface area contributed by atoms with Crippen molar-refractivity contribution in [3.05, 3.63) is 82.7 Å². The number of halogens is 7. The van der Waals surface area contributed by atoms with E-state index in [0.717, 1.165) is 68.0 Å². The molecule has 0 radical (unpaired) electrons. The molecule has 0 aliphatic heterocycles. The average Bonchev–Trinajstić information content (AvgIpc) is 3.02. The van der Waals surface area contributed by atoms with Gasteiger partial charge in [0.25, 0.3) is 0 Å². The molecule has 2 fully saturated rings. The van der Waals surface area contributed by atoms with Gasteiger partial charge in [0.2, 0.25) is 0 Å². The van der Waals surface area contributed by atoms with Gasteiger partial charge in [-0.2, -0.15) is 8.78 Å². The van der Waals surface area contributed by atoms with E-state index in [-0.39, 0.29) is 23.7 Å². The second kappa shape index (κ2) is 15.3. The fraction of sp³-hybridized carbons (Fsp3) is 0.526. The molecule has 0 aromatic heterocycles. The second-order valence-corrected chi connectivity index (χ2v) is 13.2. The van der Waals surface area contributed by atoms with Crippen molar-refractivity contribution in [1.82, 2.24) is 0 Å². The monoisotopic (exact) mass is 664 g/mol. The Morgan fingerprint density at radius 3 is 1.83 bits per heavy atom. The molecule has 0 bridgehead atoms. The maximum absolute atomic E-state index is 15.2. The Balaban J connectivity index is 1.21. The summed E-state index contributed by atoms with van der Waals surface area (Å²) in [5, 5.41) is 0. The van der Waals surface area contributed by atoms with Crippen LogP contribution in [0.1, 0.15) is 108 Å². The first-order valence-electron chi connectivity index (χ1n) is 17.0. The van der Waals surface area contributed by atoms with Gasteiger partial charge in [0.05, 0.1) is 6.61 Å². The van der Waals surface area contributed by atoms with E-state index in [2.05, 4.69) is 11.7 Å². The summed E-state index contributed by atoms with van der Waals surface area (Å²) in [5.74, 6) is -5.49. The molecule has 0 saturated heterocycles. The highest BCUT2D eigenvalue weighted by atomic mass is 19.3. The molecule has 2 aliphatic carbocycles. The first-order chi connectivity index (χ1) is 22.5. The predicted molar refractivity (Wildman–Crippen MR) is 168 cm³/mol. The van der Waals surface area contributed by atoms with Gasteiger partial charge in [-0.25, -0.2) is 22.0 Å². The third-order valence-corrected chi connectivity index (χ3v) is 10.2. The molecule has 0 atom stereocenters. The standard InChI is InChI=1S/C38H43F7O2/c1-3-5-6-7-23-8-10-24(11-9-23)25-12-14-26(15-13-25)27-18-32(40)36(33(41)19-27)38(44,45)47-29-16-17-30(31(39)22-29)28-20-34(42)37(46-4-2)35(43)21-28/h16-26H,3-15H2,1-2H3. The van der Waals surface area contributed by atoms with Gasteiger partial charge < -0.3 is 9.47 Å². The fourth-order valence-electron chi connectivity index (χ4n) is 7.65. The van der Waals surface area contributed by atoms with Crippen LogP contribution in [0.5, 0.6) is 11.5 Å². The molecule has 0 spiro atoms. The Labute approximate surface area is 272 Å². The van der Waals surface area contributed by atoms with E-state index in [9.17, 15) is 13.2 Å². The number of ether oxygens (including phenoxy) is 2. The molecule has 256 valence electrons. The topological polar surface area (TPSA) is 18.5 Å². The number of benzene rings is 3. The lowest BCUT2D eigenvalue weighted by atomic mass is 9.68. The second-order valence-electron chi connectivity index (χ2n) is 13.2. The van der Waals surface area contributed by atoms with E-state index >= 15 is 17.6 Å². The van der Waals surface area contributed by atoms with E-state index in [1.54, 1.807) is 6.92 Å². The van der Waals surface area contributed by atoms with Gasteiger partial charge in [0.1, 0.15) is 28.8 Å². The summed E-state index contributed by atoms with van der Waals surface area (Å²) in [7, 11) is 0. The zero-order valence-electron chi connectivity index (χ0n) is 27.0. The zero-order valence-corrected chi connectivity index (χ0v) is 27.0. The molecule has 2 aliphatic rings. The van der Waals surface area contributed by atoms with Crippen molar-refractivity contribution in [3.8, 4) is 22.6 Å². The molecule has 0 N–H and O–H groups in total. The minimum atomic E-state index is -4.47. The average molecular weight is 665 g/mol. The molecular formula is C38H43F7O2. The lowest BCUT2D eigenvalue weighted by molar-refractivity contribution is -0.189. The summed E-state index contributed by atoms with van der Waals surface area (Å²) in [6.45, 7) is 3.77. The van der Waals surface area contributed by atoms with Crippen molar-refractivity contribution in [3.63, 3.8) is 0 Å². The molecule has 3 aromatic rings. The summed E-state index contributed by atoms with van der Waals surface area (Å²) in [6.07, 6.45) is 9.15. The van der Waals surface area contributed by atoms with E-state index in [1.165, 1.54) is 51.4 Å². The van der Waals surface area contributed by atoms with Gasteiger partial charge >= 0.3 is 6.11 Å². The van der Waals surface area contributed by atoms with Crippen LogP contribution < -0.4 is 9.47 Å². The molecule has 47 heavy (non-hydrogen) atoms. The van der Waals surface area contributed by atoms with Crippen LogP contribution in [0.25, 0.3) is 11.1 Å². The lowest BCUT2D eigenvalue weighted by Gasteiger charge is -2.38. The van der Waals surface area contributed by atoms with Crippen molar-refractivity contribution in [1.29, 1.82) is 0 Å². The van der Waals surface area contributed by atoms with E-state index < -0.39 is 52.3 Å². The van der Waals surface area contributed by atoms with Crippen LogP contribution in [0.15, 0.2) is 42.5 Å². The van der Waals surface area contributed by atoms with E-state index in [0.29, 0.717) is 23.5 Å². The Bertz CT molecular complexity index is 1460. The van der Waals surface area contributed by atoms with Crippen LogP contribution >= 0.6 is 0 Å². The fourth-order valence-corrected chi connectivity index (χ4v) is 7.65. The quantitative estimate of drug-likeness (QED) is 0.142. The lowest BCUT2D eigenvalue weighted by Crippen LogP contribution is -2.27. The zero-order chi connectivity index (χ0) is 33.7. The number of hydrogen-bond acceptors (Lipinski definition) is 2. The highest BCUT2D eigenvalue weighted by Gasteiger charge is 2.42. The normalized spacial score (nSPS) is 21.9. The summed E-state index contributed by atoms with van der Waals surface area (Å²) in [4.78, 5) is 0. The van der Waals surface area contributed by atoms with Gasteiger partial charge in [-0.15, -0.1) is 0 Å². The summed E-state index contributed by atoms with van der Waals surface area (Å²) >= 11 is 0. The van der Waals surface area contributed by atoms with Crippen molar-refractivity contribution >= 4 is 0 Å². The summed E-state index contributed by atoms with van der Waals surface area (Å²) in [5.41, 5.74) is -1.71. The molecule has 2 nitrogen and oxygen atoms in total. The molecule has 2 saturated carbocycles. The van der Waals surface area contributed by atoms with Crippen LogP contribution in [0.4, 0.5) is 30.7 Å². The molecule has 5 rings (SSSR count). The SMILES string of the molecule is CCCCCC1CCC(C2CCC(c3cc(F)c(C(F)(F)Oc4ccc(-c5cc(F)c(OCC)c(F)c5)c(F)c4)c(F)c3)CC2)CC1. The molecule has 0 amide bonds. The number of rotatable bonds is 12. The Morgan fingerprint density at radius 2 is 1.28 bits per heavy atom. The minimum absolute atomic E-state index is 0.00673. The highest BCUT2D eigenvalue weighted by Crippen LogP contribution is 2.46. The van der Waals surface area contributed by atoms with Crippen molar-refractivity contribution in [2.45, 2.75) is 103 Å². The van der Waals surface area contributed by atoms with Crippen LogP contribution in [0, 0.1) is 46.8 Å². The van der Waals surface area contributed by atoms with Gasteiger partial charge in [-0.1, -0.05) is 45.4 Å².